The van der Waals surface area contributed by atoms with Gasteiger partial charge in [-0.3, -0.25) is 23.6 Å². The highest BCUT2D eigenvalue weighted by Gasteiger charge is 2.25. The maximum absolute atomic E-state index is 15.6. The molecule has 0 aliphatic carbocycles. The SMILES string of the molecule is O=C(CCn1ccnn1)N1CCC=C(c2ccc3cc(C(=O)N4CCN(CCCF)CC4)[nH]c3c2F)C1. The number of H-pyrrole nitrogens is 1. The summed E-state index contributed by atoms with van der Waals surface area (Å²) in [5.74, 6) is -0.598. The monoisotopic (exact) mass is 511 g/mol. The Labute approximate surface area is 213 Å². The molecule has 0 unspecified atom stereocenters. The van der Waals surface area contributed by atoms with Gasteiger partial charge in [-0.15, -0.1) is 5.10 Å². The molecule has 1 fully saturated rings. The summed E-state index contributed by atoms with van der Waals surface area (Å²) in [6.45, 7) is 4.24. The van der Waals surface area contributed by atoms with E-state index in [9.17, 15) is 14.0 Å². The number of aromatic nitrogens is 4. The maximum Gasteiger partial charge on any atom is 0.270 e. The lowest BCUT2D eigenvalue weighted by molar-refractivity contribution is -0.131. The molecule has 0 bridgehead atoms. The quantitative estimate of drug-likeness (QED) is 0.502. The van der Waals surface area contributed by atoms with Crippen LogP contribution in [0.3, 0.4) is 0 Å². The smallest absolute Gasteiger partial charge is 0.270 e. The average molecular weight is 512 g/mol. The summed E-state index contributed by atoms with van der Waals surface area (Å²) in [5, 5.41) is 8.26. The Kier molecular flexibility index (Phi) is 7.59. The number of carbonyl (C=O) groups is 2. The van der Waals surface area contributed by atoms with E-state index in [1.807, 2.05) is 12.1 Å². The van der Waals surface area contributed by atoms with E-state index >= 15 is 4.39 Å². The Hall–Kier alpha value is -3.60. The molecule has 11 heteroatoms. The fourth-order valence-corrected chi connectivity index (χ4v) is 5.03. The molecule has 196 valence electrons. The molecule has 0 saturated carbocycles. The number of amides is 2. The number of hydrogen-bond donors (Lipinski definition) is 1. The Balaban J connectivity index is 1.26. The van der Waals surface area contributed by atoms with Gasteiger partial charge >= 0.3 is 0 Å². The van der Waals surface area contributed by atoms with Crippen LogP contribution in [0.25, 0.3) is 16.5 Å². The van der Waals surface area contributed by atoms with Crippen LogP contribution in [0.2, 0.25) is 0 Å². The van der Waals surface area contributed by atoms with Gasteiger partial charge in [0, 0.05) is 69.4 Å². The minimum absolute atomic E-state index is 0.0138. The van der Waals surface area contributed by atoms with Gasteiger partial charge < -0.3 is 14.8 Å². The van der Waals surface area contributed by atoms with Crippen LogP contribution in [0.4, 0.5) is 8.78 Å². The highest BCUT2D eigenvalue weighted by molar-refractivity contribution is 5.99. The molecule has 3 aromatic rings. The van der Waals surface area contributed by atoms with E-state index in [4.69, 9.17) is 0 Å². The second-order valence-corrected chi connectivity index (χ2v) is 9.50. The third-order valence-corrected chi connectivity index (χ3v) is 7.11. The first-order valence-electron chi connectivity index (χ1n) is 12.7. The minimum Gasteiger partial charge on any atom is -0.348 e. The number of carbonyl (C=O) groups excluding carboxylic acids is 2. The van der Waals surface area contributed by atoms with Crippen molar-refractivity contribution in [2.24, 2.45) is 0 Å². The van der Waals surface area contributed by atoms with E-state index in [0.29, 0.717) is 88.3 Å². The molecule has 1 saturated heterocycles. The van der Waals surface area contributed by atoms with Crippen molar-refractivity contribution >= 4 is 28.3 Å². The molecular weight excluding hydrogens is 480 g/mol. The lowest BCUT2D eigenvalue weighted by atomic mass is 9.99. The molecule has 4 heterocycles. The highest BCUT2D eigenvalue weighted by atomic mass is 19.1. The van der Waals surface area contributed by atoms with Gasteiger partial charge in [-0.1, -0.05) is 23.4 Å². The van der Waals surface area contributed by atoms with Crippen LogP contribution in [-0.4, -0.2) is 99.0 Å². The van der Waals surface area contributed by atoms with Gasteiger partial charge in [-0.25, -0.2) is 4.39 Å². The van der Waals surface area contributed by atoms with E-state index < -0.39 is 5.82 Å². The lowest BCUT2D eigenvalue weighted by Gasteiger charge is -2.34. The molecule has 2 aromatic heterocycles. The van der Waals surface area contributed by atoms with Gasteiger partial charge in [0.15, 0.2) is 5.82 Å². The Morgan fingerprint density at radius 2 is 1.89 bits per heavy atom. The molecular formula is C26H31F2N7O2. The predicted molar refractivity (Wildman–Crippen MR) is 135 cm³/mol. The van der Waals surface area contributed by atoms with Crippen molar-refractivity contribution in [1.29, 1.82) is 0 Å². The van der Waals surface area contributed by atoms with Crippen LogP contribution in [0, 0.1) is 5.82 Å². The van der Waals surface area contributed by atoms with Crippen LogP contribution in [0.1, 0.15) is 35.3 Å². The van der Waals surface area contributed by atoms with Gasteiger partial charge in [0.05, 0.1) is 24.9 Å². The van der Waals surface area contributed by atoms with Crippen molar-refractivity contribution in [3.63, 3.8) is 0 Å². The number of fused-ring (bicyclic) bond motifs is 1. The molecule has 0 atom stereocenters. The summed E-state index contributed by atoms with van der Waals surface area (Å²) in [5.41, 5.74) is 1.83. The Morgan fingerprint density at radius 3 is 2.65 bits per heavy atom. The van der Waals surface area contributed by atoms with Crippen molar-refractivity contribution < 1.29 is 18.4 Å². The van der Waals surface area contributed by atoms with E-state index in [0.717, 1.165) is 5.57 Å². The van der Waals surface area contributed by atoms with E-state index in [2.05, 4.69) is 20.2 Å². The van der Waals surface area contributed by atoms with Crippen LogP contribution >= 0.6 is 0 Å². The molecule has 2 aliphatic heterocycles. The first kappa shape index (κ1) is 25.1. The van der Waals surface area contributed by atoms with Crippen LogP contribution in [0.5, 0.6) is 0 Å². The topological polar surface area (TPSA) is 90.4 Å². The summed E-state index contributed by atoms with van der Waals surface area (Å²) in [4.78, 5) is 34.5. The molecule has 1 N–H and O–H groups in total. The lowest BCUT2D eigenvalue weighted by Crippen LogP contribution is -2.49. The molecule has 2 amide bonds. The standard InChI is InChI=1S/C26H31F2N7O2/c27-7-2-9-32-13-15-33(16-14-32)26(37)22-17-19-4-5-21(24(28)25(19)30-22)20-3-1-10-34(18-20)23(36)6-11-35-12-8-29-31-35/h3-5,8,12,17,30H,1-2,6-7,9-11,13-16,18H2. The first-order valence-corrected chi connectivity index (χ1v) is 12.7. The number of rotatable bonds is 8. The summed E-state index contributed by atoms with van der Waals surface area (Å²) in [7, 11) is 0. The molecule has 1 aromatic carbocycles. The van der Waals surface area contributed by atoms with E-state index in [-0.39, 0.29) is 24.0 Å². The number of halogens is 2. The second-order valence-electron chi connectivity index (χ2n) is 9.50. The fourth-order valence-electron chi connectivity index (χ4n) is 5.03. The minimum atomic E-state index is -0.421. The molecule has 9 nitrogen and oxygen atoms in total. The van der Waals surface area contributed by atoms with Crippen molar-refractivity contribution in [2.75, 3.05) is 52.5 Å². The molecule has 37 heavy (non-hydrogen) atoms. The Bertz CT molecular complexity index is 1280. The Morgan fingerprint density at radius 1 is 1.05 bits per heavy atom. The predicted octanol–water partition coefficient (Wildman–Crippen LogP) is 2.72. The number of aromatic amines is 1. The third kappa shape index (κ3) is 5.56. The van der Waals surface area contributed by atoms with Gasteiger partial charge in [0.2, 0.25) is 5.91 Å². The fraction of sp³-hybridized carbons (Fsp3) is 0.462. The first-order chi connectivity index (χ1) is 18.0. The van der Waals surface area contributed by atoms with Gasteiger partial charge in [-0.2, -0.15) is 0 Å². The largest absolute Gasteiger partial charge is 0.348 e. The van der Waals surface area contributed by atoms with E-state index in [1.54, 1.807) is 39.0 Å². The highest BCUT2D eigenvalue weighted by Crippen LogP contribution is 2.29. The van der Waals surface area contributed by atoms with Gasteiger partial charge in [0.1, 0.15) is 5.69 Å². The number of benzene rings is 1. The number of hydrogen-bond acceptors (Lipinski definition) is 5. The van der Waals surface area contributed by atoms with Crippen LogP contribution in [-0.2, 0) is 11.3 Å². The van der Waals surface area contributed by atoms with Gasteiger partial charge in [0.25, 0.3) is 5.91 Å². The summed E-state index contributed by atoms with van der Waals surface area (Å²) in [6.07, 6.45) is 6.70. The number of aryl methyl sites for hydroxylation is 1. The zero-order valence-corrected chi connectivity index (χ0v) is 20.7. The summed E-state index contributed by atoms with van der Waals surface area (Å²) >= 11 is 0. The zero-order valence-electron chi connectivity index (χ0n) is 20.7. The number of piperazine rings is 1. The third-order valence-electron chi connectivity index (χ3n) is 7.11. The normalized spacial score (nSPS) is 16.9. The second kappa shape index (κ2) is 11.2. The summed E-state index contributed by atoms with van der Waals surface area (Å²) < 4.78 is 29.7. The van der Waals surface area contributed by atoms with Crippen molar-refractivity contribution in [1.82, 2.24) is 34.7 Å². The van der Waals surface area contributed by atoms with Crippen LogP contribution in [0.15, 0.2) is 36.7 Å². The van der Waals surface area contributed by atoms with Gasteiger partial charge in [-0.05, 0) is 24.5 Å². The molecule has 5 rings (SSSR count). The molecule has 0 radical (unpaired) electrons. The van der Waals surface area contributed by atoms with Crippen molar-refractivity contribution in [2.45, 2.75) is 25.8 Å². The summed E-state index contributed by atoms with van der Waals surface area (Å²) in [6, 6.07) is 5.22. The maximum atomic E-state index is 15.6. The molecule has 2 aliphatic rings. The molecule has 0 spiro atoms. The van der Waals surface area contributed by atoms with Crippen molar-refractivity contribution in [3.05, 3.63) is 53.7 Å². The average Bonchev–Trinajstić information content (AvgIpc) is 3.61. The zero-order chi connectivity index (χ0) is 25.8. The van der Waals surface area contributed by atoms with E-state index in [1.165, 1.54) is 0 Å². The number of alkyl halides is 1. The number of nitrogens with zero attached hydrogens (tertiary/aromatic N) is 6. The number of nitrogens with one attached hydrogen (secondary N) is 1. The van der Waals surface area contributed by atoms with Crippen molar-refractivity contribution in [3.8, 4) is 0 Å². The van der Waals surface area contributed by atoms with Crippen LogP contribution < -0.4 is 0 Å².